The molecule has 4 aromatic carbocycles. The van der Waals surface area contributed by atoms with E-state index < -0.39 is 0 Å². The summed E-state index contributed by atoms with van der Waals surface area (Å²) in [4.78, 5) is 29.4. The Bertz CT molecular complexity index is 1820. The number of nitrogens with zero attached hydrogens (tertiary/aromatic N) is 3. The van der Waals surface area contributed by atoms with Crippen LogP contribution in [-0.4, -0.2) is 27.5 Å². The molecule has 1 aromatic heterocycles. The maximum atomic E-state index is 14.0. The number of aliphatic imine (C=N–C) groups is 2. The summed E-state index contributed by atoms with van der Waals surface area (Å²) in [5, 5.41) is 4.15. The fraction of sp³-hybridized carbons (Fsp3) is 0.0312. The van der Waals surface area contributed by atoms with Crippen molar-refractivity contribution in [3.63, 3.8) is 0 Å². The zero-order valence-corrected chi connectivity index (χ0v) is 20.6. The Labute approximate surface area is 219 Å². The van der Waals surface area contributed by atoms with Gasteiger partial charge in [0.15, 0.2) is 0 Å². The normalized spacial score (nSPS) is 15.6. The van der Waals surface area contributed by atoms with Gasteiger partial charge in [0.25, 0.3) is 5.91 Å². The summed E-state index contributed by atoms with van der Waals surface area (Å²) in [5.74, 6) is 1.03. The first kappa shape index (κ1) is 22.0. The molecule has 0 aliphatic carbocycles. The van der Waals surface area contributed by atoms with Crippen LogP contribution < -0.4 is 5.32 Å². The van der Waals surface area contributed by atoms with E-state index in [0.29, 0.717) is 23.1 Å². The molecular formula is C32H23N5O. The van der Waals surface area contributed by atoms with E-state index in [1.807, 2.05) is 102 Å². The average Bonchev–Trinajstić information content (AvgIpc) is 3.21. The number of H-pyrrole nitrogens is 1. The summed E-state index contributed by atoms with van der Waals surface area (Å²) in [7, 11) is 0. The third-order valence-corrected chi connectivity index (χ3v) is 6.87. The number of anilines is 1. The van der Waals surface area contributed by atoms with Gasteiger partial charge in [-0.25, -0.2) is 9.98 Å². The zero-order valence-electron chi connectivity index (χ0n) is 20.6. The second kappa shape index (κ2) is 8.71. The molecule has 1 amide bonds. The lowest BCUT2D eigenvalue weighted by molar-refractivity contribution is -0.113. The van der Waals surface area contributed by atoms with Crippen molar-refractivity contribution in [1.82, 2.24) is 9.88 Å². The molecule has 38 heavy (non-hydrogen) atoms. The number of amides is 1. The average molecular weight is 494 g/mol. The molecule has 2 N–H and O–H groups in total. The number of benzene rings is 4. The maximum Gasteiger partial charge on any atom is 0.272 e. The van der Waals surface area contributed by atoms with Crippen LogP contribution in [-0.2, 0) is 4.79 Å². The molecule has 2 aliphatic rings. The van der Waals surface area contributed by atoms with Crippen LogP contribution in [0.15, 0.2) is 119 Å². The van der Waals surface area contributed by atoms with Crippen molar-refractivity contribution in [2.75, 3.05) is 5.32 Å². The number of hydrogen-bond acceptors (Lipinski definition) is 4. The number of carbonyl (C=O) groups excluding carboxylic acids is 1. The highest BCUT2D eigenvalue weighted by Crippen LogP contribution is 2.37. The molecule has 0 fully saturated rings. The van der Waals surface area contributed by atoms with Crippen LogP contribution in [0.25, 0.3) is 17.0 Å². The predicted octanol–water partition coefficient (Wildman–Crippen LogP) is 6.94. The van der Waals surface area contributed by atoms with E-state index in [-0.39, 0.29) is 5.91 Å². The molecule has 182 valence electrons. The molecule has 0 saturated heterocycles. The van der Waals surface area contributed by atoms with E-state index in [1.165, 1.54) is 0 Å². The van der Waals surface area contributed by atoms with Crippen LogP contribution in [0.5, 0.6) is 0 Å². The first-order valence-corrected chi connectivity index (χ1v) is 12.5. The maximum absolute atomic E-state index is 14.0. The predicted molar refractivity (Wildman–Crippen MR) is 153 cm³/mol. The number of aromatic nitrogens is 1. The number of para-hydroxylation sites is 4. The molecule has 0 saturated carbocycles. The molecular weight excluding hydrogens is 470 g/mol. The Morgan fingerprint density at radius 3 is 2.26 bits per heavy atom. The van der Waals surface area contributed by atoms with E-state index in [1.54, 1.807) is 0 Å². The van der Waals surface area contributed by atoms with Gasteiger partial charge in [-0.15, -0.1) is 0 Å². The van der Waals surface area contributed by atoms with Gasteiger partial charge in [-0.05, 0) is 43.3 Å². The van der Waals surface area contributed by atoms with Gasteiger partial charge < -0.3 is 10.3 Å². The van der Waals surface area contributed by atoms with E-state index >= 15 is 0 Å². The molecule has 0 atom stereocenters. The van der Waals surface area contributed by atoms with Crippen molar-refractivity contribution >= 4 is 51.6 Å². The van der Waals surface area contributed by atoms with Gasteiger partial charge in [-0.3, -0.25) is 9.69 Å². The molecule has 6 heteroatoms. The van der Waals surface area contributed by atoms with Gasteiger partial charge in [0.2, 0.25) is 0 Å². The summed E-state index contributed by atoms with van der Waals surface area (Å²) < 4.78 is 0. The lowest BCUT2D eigenvalue weighted by Gasteiger charge is -2.26. The summed E-state index contributed by atoms with van der Waals surface area (Å²) in [5.41, 5.74) is 7.37. The Morgan fingerprint density at radius 2 is 1.45 bits per heavy atom. The smallest absolute Gasteiger partial charge is 0.272 e. The standard InChI is InChI=1S/C32H23N5O/c1-20-14-16-21(17-15-20)30-34-27-12-6-7-13-28(27)35-31-24-9-3-5-11-26(24)36-32(38)29(37(30)31)18-22-19-33-25-10-4-2-8-23(22)25/h2-19,33H,1H3,(H,36,38)/b29-18+. The summed E-state index contributed by atoms with van der Waals surface area (Å²) >= 11 is 0. The van der Waals surface area contributed by atoms with Crippen molar-refractivity contribution < 1.29 is 4.79 Å². The lowest BCUT2D eigenvalue weighted by atomic mass is 10.1. The number of aryl methyl sites for hydroxylation is 1. The van der Waals surface area contributed by atoms with Crippen molar-refractivity contribution in [1.29, 1.82) is 0 Å². The van der Waals surface area contributed by atoms with Crippen LogP contribution >= 0.6 is 0 Å². The number of amidine groups is 2. The molecule has 7 rings (SSSR count). The quantitative estimate of drug-likeness (QED) is 0.261. The largest absolute Gasteiger partial charge is 0.361 e. The van der Waals surface area contributed by atoms with Crippen molar-refractivity contribution in [2.24, 2.45) is 9.98 Å². The lowest BCUT2D eigenvalue weighted by Crippen LogP contribution is -2.38. The molecule has 0 spiro atoms. The van der Waals surface area contributed by atoms with E-state index in [4.69, 9.17) is 9.98 Å². The minimum atomic E-state index is -0.237. The van der Waals surface area contributed by atoms with Crippen molar-refractivity contribution in [2.45, 2.75) is 6.92 Å². The first-order valence-electron chi connectivity index (χ1n) is 12.5. The number of aromatic amines is 1. The van der Waals surface area contributed by atoms with Gasteiger partial charge in [-0.1, -0.05) is 72.3 Å². The van der Waals surface area contributed by atoms with Crippen LogP contribution in [0.2, 0.25) is 0 Å². The highest BCUT2D eigenvalue weighted by molar-refractivity contribution is 6.27. The summed E-state index contributed by atoms with van der Waals surface area (Å²) in [6, 6.07) is 31.8. The van der Waals surface area contributed by atoms with Gasteiger partial charge in [-0.2, -0.15) is 0 Å². The third-order valence-electron chi connectivity index (χ3n) is 6.87. The number of nitrogens with one attached hydrogen (secondary N) is 2. The zero-order chi connectivity index (χ0) is 25.6. The van der Waals surface area contributed by atoms with Gasteiger partial charge in [0, 0.05) is 33.8 Å². The molecule has 0 radical (unpaired) electrons. The molecule has 5 aromatic rings. The first-order chi connectivity index (χ1) is 18.7. The molecule has 0 bridgehead atoms. The van der Waals surface area contributed by atoms with Crippen molar-refractivity contribution in [3.8, 4) is 0 Å². The Balaban J connectivity index is 1.55. The number of rotatable bonds is 2. The highest BCUT2D eigenvalue weighted by Gasteiger charge is 2.35. The number of fused-ring (bicyclic) bond motifs is 5. The van der Waals surface area contributed by atoms with Gasteiger partial charge in [0.1, 0.15) is 17.4 Å². The number of carbonyl (C=O) groups is 1. The topological polar surface area (TPSA) is 72.8 Å². The summed E-state index contributed by atoms with van der Waals surface area (Å²) in [6.07, 6.45) is 3.84. The highest BCUT2D eigenvalue weighted by atomic mass is 16.2. The Hall–Kier alpha value is -5.23. The van der Waals surface area contributed by atoms with Gasteiger partial charge in [0.05, 0.1) is 17.1 Å². The third kappa shape index (κ3) is 3.62. The molecule has 3 heterocycles. The van der Waals surface area contributed by atoms with Crippen molar-refractivity contribution in [3.05, 3.63) is 131 Å². The van der Waals surface area contributed by atoms with Crippen LogP contribution in [0.3, 0.4) is 0 Å². The monoisotopic (exact) mass is 493 g/mol. The molecule has 6 nitrogen and oxygen atoms in total. The fourth-order valence-electron chi connectivity index (χ4n) is 4.95. The van der Waals surface area contributed by atoms with Gasteiger partial charge >= 0.3 is 0 Å². The molecule has 2 aliphatic heterocycles. The van der Waals surface area contributed by atoms with E-state index in [9.17, 15) is 4.79 Å². The number of hydrogen-bond donors (Lipinski definition) is 2. The van der Waals surface area contributed by atoms with E-state index in [2.05, 4.69) is 29.4 Å². The SMILES string of the molecule is Cc1ccc(C2=Nc3ccccc3N=C3c4ccccc4NC(=O)/C(=C\c4c[nH]c5ccccc45)N23)cc1. The minimum absolute atomic E-state index is 0.237. The van der Waals surface area contributed by atoms with E-state index in [0.717, 1.165) is 44.5 Å². The second-order valence-corrected chi connectivity index (χ2v) is 9.38. The van der Waals surface area contributed by atoms with Crippen LogP contribution in [0.4, 0.5) is 17.1 Å². The second-order valence-electron chi connectivity index (χ2n) is 9.38. The molecule has 0 unspecified atom stereocenters. The summed E-state index contributed by atoms with van der Waals surface area (Å²) in [6.45, 7) is 2.05. The Kier molecular flexibility index (Phi) is 5.04. The Morgan fingerprint density at radius 1 is 0.763 bits per heavy atom. The minimum Gasteiger partial charge on any atom is -0.361 e. The fourth-order valence-corrected chi connectivity index (χ4v) is 4.95. The van der Waals surface area contributed by atoms with Crippen LogP contribution in [0, 0.1) is 6.92 Å². The van der Waals surface area contributed by atoms with Crippen LogP contribution in [0.1, 0.15) is 22.3 Å².